The zero-order valence-corrected chi connectivity index (χ0v) is 15.9. The van der Waals surface area contributed by atoms with Crippen molar-refractivity contribution in [3.8, 4) is 0 Å². The van der Waals surface area contributed by atoms with E-state index >= 15 is 0 Å². The number of hydrogen-bond donors (Lipinski definition) is 1. The van der Waals surface area contributed by atoms with Gasteiger partial charge in [0.25, 0.3) is 5.91 Å². The highest BCUT2D eigenvalue weighted by Gasteiger charge is 2.14. The molecular weight excluding hydrogens is 372 g/mol. The van der Waals surface area contributed by atoms with Crippen LogP contribution in [-0.4, -0.2) is 5.91 Å². The number of anilines is 1. The van der Waals surface area contributed by atoms with Crippen molar-refractivity contribution in [3.05, 3.63) is 101 Å². The van der Waals surface area contributed by atoms with Crippen LogP contribution in [0.15, 0.2) is 88.3 Å². The van der Waals surface area contributed by atoms with Crippen molar-refractivity contribution in [3.63, 3.8) is 0 Å². The molecule has 0 radical (unpaired) electrons. The molecule has 0 saturated heterocycles. The summed E-state index contributed by atoms with van der Waals surface area (Å²) < 4.78 is 5.96. The second-order valence-corrected chi connectivity index (χ2v) is 6.80. The van der Waals surface area contributed by atoms with E-state index in [9.17, 15) is 4.79 Å². The molecule has 0 aliphatic rings. The molecule has 1 heterocycles. The molecule has 0 aliphatic carbocycles. The van der Waals surface area contributed by atoms with Crippen LogP contribution in [0.1, 0.15) is 15.9 Å². The van der Waals surface area contributed by atoms with Crippen molar-refractivity contribution in [2.45, 2.75) is 6.92 Å². The summed E-state index contributed by atoms with van der Waals surface area (Å²) in [5.74, 6) is -0.287. The first kappa shape index (κ1) is 18.0. The van der Waals surface area contributed by atoms with Crippen molar-refractivity contribution in [1.29, 1.82) is 0 Å². The number of aryl methyl sites for hydroxylation is 1. The molecule has 4 nitrogen and oxygen atoms in total. The van der Waals surface area contributed by atoms with E-state index in [0.717, 1.165) is 16.6 Å². The highest BCUT2D eigenvalue weighted by atomic mass is 35.5. The number of rotatable bonds is 3. The van der Waals surface area contributed by atoms with E-state index in [-0.39, 0.29) is 11.5 Å². The Hall–Kier alpha value is -3.37. The molecule has 0 aliphatic heterocycles. The summed E-state index contributed by atoms with van der Waals surface area (Å²) >= 11 is 6.06. The van der Waals surface area contributed by atoms with Gasteiger partial charge in [0, 0.05) is 16.1 Å². The van der Waals surface area contributed by atoms with Crippen LogP contribution >= 0.6 is 11.6 Å². The summed E-state index contributed by atoms with van der Waals surface area (Å²) in [5.41, 5.74) is 3.55. The summed E-state index contributed by atoms with van der Waals surface area (Å²) in [5, 5.41) is 4.33. The van der Waals surface area contributed by atoms with Gasteiger partial charge in [0.05, 0.1) is 5.69 Å². The van der Waals surface area contributed by atoms with Crippen molar-refractivity contribution in [2.24, 2.45) is 4.99 Å². The molecular formula is C23H17ClN2O2. The Morgan fingerprint density at radius 2 is 1.75 bits per heavy atom. The van der Waals surface area contributed by atoms with Gasteiger partial charge >= 0.3 is 0 Å². The molecule has 138 valence electrons. The van der Waals surface area contributed by atoms with Gasteiger partial charge in [-0.1, -0.05) is 54.1 Å². The lowest BCUT2D eigenvalue weighted by atomic mass is 10.1. The topological polar surface area (TPSA) is 54.6 Å². The van der Waals surface area contributed by atoms with Crippen molar-refractivity contribution in [2.75, 3.05) is 5.32 Å². The Kier molecular flexibility index (Phi) is 4.96. The lowest BCUT2D eigenvalue weighted by Crippen LogP contribution is -2.22. The molecule has 0 saturated carbocycles. The average molecular weight is 389 g/mol. The van der Waals surface area contributed by atoms with Crippen LogP contribution in [0.3, 0.4) is 0 Å². The van der Waals surface area contributed by atoms with Gasteiger partial charge < -0.3 is 9.73 Å². The van der Waals surface area contributed by atoms with Gasteiger partial charge in [-0.2, -0.15) is 0 Å². The van der Waals surface area contributed by atoms with E-state index in [0.29, 0.717) is 21.9 Å². The quantitative estimate of drug-likeness (QED) is 0.476. The minimum Gasteiger partial charge on any atom is -0.438 e. The van der Waals surface area contributed by atoms with Gasteiger partial charge in [0.1, 0.15) is 11.1 Å². The third-order valence-electron chi connectivity index (χ3n) is 4.33. The maximum atomic E-state index is 13.0. The number of carbonyl (C=O) groups is 1. The minimum atomic E-state index is -0.287. The predicted octanol–water partition coefficient (Wildman–Crippen LogP) is 5.88. The Morgan fingerprint density at radius 1 is 0.964 bits per heavy atom. The molecule has 4 rings (SSSR count). The normalized spacial score (nSPS) is 11.6. The molecule has 1 aromatic heterocycles. The molecule has 1 N–H and O–H groups in total. The number of nitrogens with zero attached hydrogens (tertiary/aromatic N) is 1. The SMILES string of the molecule is Cc1ccccc1NC(=O)c1cc2ccccc2oc1=Nc1cccc(Cl)c1. The number of amides is 1. The molecule has 0 spiro atoms. The third-order valence-corrected chi connectivity index (χ3v) is 4.57. The Morgan fingerprint density at radius 3 is 2.57 bits per heavy atom. The fourth-order valence-electron chi connectivity index (χ4n) is 2.88. The van der Waals surface area contributed by atoms with Gasteiger partial charge in [-0.25, -0.2) is 4.99 Å². The molecule has 3 aromatic carbocycles. The Bertz CT molecular complexity index is 1240. The van der Waals surface area contributed by atoms with Gasteiger partial charge in [-0.05, 0) is 48.9 Å². The van der Waals surface area contributed by atoms with E-state index in [1.165, 1.54) is 0 Å². The van der Waals surface area contributed by atoms with Crippen LogP contribution in [0.25, 0.3) is 11.0 Å². The van der Waals surface area contributed by atoms with Gasteiger partial charge in [-0.3, -0.25) is 4.79 Å². The van der Waals surface area contributed by atoms with E-state index < -0.39 is 0 Å². The maximum Gasteiger partial charge on any atom is 0.261 e. The monoisotopic (exact) mass is 388 g/mol. The van der Waals surface area contributed by atoms with Crippen molar-refractivity contribution in [1.82, 2.24) is 0 Å². The molecule has 28 heavy (non-hydrogen) atoms. The lowest BCUT2D eigenvalue weighted by molar-refractivity contribution is 0.102. The van der Waals surface area contributed by atoms with Crippen LogP contribution in [0.5, 0.6) is 0 Å². The largest absolute Gasteiger partial charge is 0.438 e. The highest BCUT2D eigenvalue weighted by Crippen LogP contribution is 2.20. The molecule has 0 bridgehead atoms. The van der Waals surface area contributed by atoms with E-state index in [1.807, 2.05) is 55.5 Å². The molecule has 0 atom stereocenters. The Balaban J connectivity index is 1.86. The lowest BCUT2D eigenvalue weighted by Gasteiger charge is -2.09. The zero-order chi connectivity index (χ0) is 19.5. The van der Waals surface area contributed by atoms with Crippen molar-refractivity contribution < 1.29 is 9.21 Å². The first-order chi connectivity index (χ1) is 13.6. The van der Waals surface area contributed by atoms with Crippen LogP contribution in [0.2, 0.25) is 5.02 Å². The first-order valence-corrected chi connectivity index (χ1v) is 9.18. The average Bonchev–Trinajstić information content (AvgIpc) is 2.69. The molecule has 5 heteroatoms. The van der Waals surface area contributed by atoms with Gasteiger partial charge in [-0.15, -0.1) is 0 Å². The van der Waals surface area contributed by atoms with Gasteiger partial charge in [0.15, 0.2) is 0 Å². The van der Waals surface area contributed by atoms with Crippen LogP contribution in [0.4, 0.5) is 11.4 Å². The number of fused-ring (bicyclic) bond motifs is 1. The summed E-state index contributed by atoms with van der Waals surface area (Å²) in [6, 6.07) is 24.0. The van der Waals surface area contributed by atoms with E-state index in [1.54, 1.807) is 30.3 Å². The fourth-order valence-corrected chi connectivity index (χ4v) is 3.07. The number of hydrogen-bond acceptors (Lipinski definition) is 3. The summed E-state index contributed by atoms with van der Waals surface area (Å²) in [4.78, 5) is 17.6. The summed E-state index contributed by atoms with van der Waals surface area (Å²) in [7, 11) is 0. The van der Waals surface area contributed by atoms with E-state index in [2.05, 4.69) is 10.3 Å². The molecule has 0 fully saturated rings. The summed E-state index contributed by atoms with van der Waals surface area (Å²) in [6.45, 7) is 1.94. The summed E-state index contributed by atoms with van der Waals surface area (Å²) in [6.07, 6.45) is 0. The number of benzene rings is 3. The Labute approximate surface area is 167 Å². The maximum absolute atomic E-state index is 13.0. The minimum absolute atomic E-state index is 0.229. The molecule has 1 amide bonds. The van der Waals surface area contributed by atoms with E-state index in [4.69, 9.17) is 16.0 Å². The van der Waals surface area contributed by atoms with Crippen LogP contribution in [0, 0.1) is 6.92 Å². The molecule has 4 aromatic rings. The predicted molar refractivity (Wildman–Crippen MR) is 112 cm³/mol. The van der Waals surface area contributed by atoms with Crippen LogP contribution in [-0.2, 0) is 0 Å². The molecule has 0 unspecified atom stereocenters. The highest BCUT2D eigenvalue weighted by molar-refractivity contribution is 6.30. The van der Waals surface area contributed by atoms with Crippen molar-refractivity contribution >= 4 is 39.9 Å². The number of carbonyl (C=O) groups excluding carboxylic acids is 1. The fraction of sp³-hybridized carbons (Fsp3) is 0.0435. The first-order valence-electron chi connectivity index (χ1n) is 8.80. The number of halogens is 1. The van der Waals surface area contributed by atoms with Gasteiger partial charge in [0.2, 0.25) is 5.55 Å². The standard InChI is InChI=1S/C23H17ClN2O2/c1-15-7-2-4-11-20(15)26-22(27)19-13-16-8-3-5-12-21(16)28-23(19)25-18-10-6-9-17(24)14-18/h2-14H,1H3,(H,26,27). The number of nitrogens with one attached hydrogen (secondary N) is 1. The van der Waals surface area contributed by atoms with Crippen LogP contribution < -0.4 is 10.9 Å². The second kappa shape index (κ2) is 7.71. The zero-order valence-electron chi connectivity index (χ0n) is 15.1. The smallest absolute Gasteiger partial charge is 0.261 e. The third kappa shape index (κ3) is 3.82. The second-order valence-electron chi connectivity index (χ2n) is 6.36. The number of para-hydroxylation sites is 2.